The highest BCUT2D eigenvalue weighted by atomic mass is 19.4. The molecule has 8 heteroatoms. The van der Waals surface area contributed by atoms with E-state index in [1.807, 2.05) is 0 Å². The third-order valence-corrected chi connectivity index (χ3v) is 0.863. The fourth-order valence-electron chi connectivity index (χ4n) is 0.489. The predicted octanol–water partition coefficient (Wildman–Crippen LogP) is 2.80. The highest BCUT2D eigenvalue weighted by Gasteiger charge is 2.39. The maximum atomic E-state index is 11.4. The molecule has 0 rings (SSSR count). The van der Waals surface area contributed by atoms with E-state index >= 15 is 0 Å². The van der Waals surface area contributed by atoms with Gasteiger partial charge < -0.3 is 0 Å². The van der Waals surface area contributed by atoms with Crippen LogP contribution in [-0.2, 0) is 9.47 Å². The van der Waals surface area contributed by atoms with Crippen molar-refractivity contribution >= 4 is 0 Å². The van der Waals surface area contributed by atoms with Crippen molar-refractivity contribution < 1.29 is 35.8 Å². The lowest BCUT2D eigenvalue weighted by Gasteiger charge is -2.19. The van der Waals surface area contributed by atoms with E-state index in [2.05, 4.69) is 9.47 Å². The van der Waals surface area contributed by atoms with E-state index in [1.165, 1.54) is 0 Å². The standard InChI is InChI=1S/C5H6F6O2/c1-2-3(12-4(6,7)8)13-5(9,10)11/h3H,2H2,1H3. The average molecular weight is 212 g/mol. The summed E-state index contributed by atoms with van der Waals surface area (Å²) >= 11 is 0. The van der Waals surface area contributed by atoms with Crippen molar-refractivity contribution in [2.75, 3.05) is 0 Å². The van der Waals surface area contributed by atoms with Crippen LogP contribution in [0, 0.1) is 0 Å². The highest BCUT2D eigenvalue weighted by molar-refractivity contribution is 4.43. The first-order valence-electron chi connectivity index (χ1n) is 3.13. The number of hydrogen-bond donors (Lipinski definition) is 0. The van der Waals surface area contributed by atoms with Gasteiger partial charge >= 0.3 is 12.7 Å². The van der Waals surface area contributed by atoms with Crippen LogP contribution < -0.4 is 0 Å². The monoisotopic (exact) mass is 212 g/mol. The lowest BCUT2D eigenvalue weighted by atomic mass is 10.5. The number of ether oxygens (including phenoxy) is 2. The molecule has 0 aliphatic carbocycles. The summed E-state index contributed by atoms with van der Waals surface area (Å²) in [7, 11) is 0. The van der Waals surface area contributed by atoms with Crippen LogP contribution in [0.5, 0.6) is 0 Å². The molecule has 0 aromatic heterocycles. The Labute approximate surface area is 69.4 Å². The van der Waals surface area contributed by atoms with Gasteiger partial charge in [0.15, 0.2) is 6.29 Å². The molecule has 0 N–H and O–H groups in total. The lowest BCUT2D eigenvalue weighted by Crippen LogP contribution is -2.31. The van der Waals surface area contributed by atoms with E-state index in [-0.39, 0.29) is 0 Å². The van der Waals surface area contributed by atoms with Gasteiger partial charge in [-0.15, -0.1) is 26.3 Å². The Balaban J connectivity index is 4.05. The molecule has 0 aromatic carbocycles. The molecule has 0 aliphatic heterocycles. The number of hydrogen-bond acceptors (Lipinski definition) is 2. The minimum Gasteiger partial charge on any atom is -0.262 e. The third kappa shape index (κ3) is 7.85. The zero-order chi connectivity index (χ0) is 10.7. The first kappa shape index (κ1) is 12.5. The molecule has 0 aliphatic rings. The van der Waals surface area contributed by atoms with Crippen LogP contribution in [0.1, 0.15) is 13.3 Å². The van der Waals surface area contributed by atoms with Gasteiger partial charge in [-0.25, -0.2) is 0 Å². The van der Waals surface area contributed by atoms with Crippen molar-refractivity contribution in [2.45, 2.75) is 32.4 Å². The van der Waals surface area contributed by atoms with Gasteiger partial charge in [0.1, 0.15) is 0 Å². The number of rotatable bonds is 3. The van der Waals surface area contributed by atoms with Crippen LogP contribution in [0.15, 0.2) is 0 Å². The summed E-state index contributed by atoms with van der Waals surface area (Å²) in [5, 5.41) is 0. The van der Waals surface area contributed by atoms with Crippen molar-refractivity contribution in [3.05, 3.63) is 0 Å². The summed E-state index contributed by atoms with van der Waals surface area (Å²) in [6, 6.07) is 0. The molecule has 0 radical (unpaired) electrons. The van der Waals surface area contributed by atoms with Crippen LogP contribution in [0.2, 0.25) is 0 Å². The van der Waals surface area contributed by atoms with Gasteiger partial charge in [-0.1, -0.05) is 6.92 Å². The molecule has 0 saturated heterocycles. The van der Waals surface area contributed by atoms with Crippen molar-refractivity contribution in [3.63, 3.8) is 0 Å². The van der Waals surface area contributed by atoms with Gasteiger partial charge in [0.05, 0.1) is 0 Å². The Morgan fingerprint density at radius 2 is 1.23 bits per heavy atom. The molecular formula is C5H6F6O2. The fraction of sp³-hybridized carbons (Fsp3) is 1.00. The Bertz CT molecular complexity index is 134. The zero-order valence-corrected chi connectivity index (χ0v) is 6.37. The smallest absolute Gasteiger partial charge is 0.262 e. The second kappa shape index (κ2) is 4.14. The Hall–Kier alpha value is -0.500. The quantitative estimate of drug-likeness (QED) is 0.529. The van der Waals surface area contributed by atoms with Crippen LogP contribution in [0.4, 0.5) is 26.3 Å². The van der Waals surface area contributed by atoms with Crippen molar-refractivity contribution in [1.82, 2.24) is 0 Å². The van der Waals surface area contributed by atoms with Gasteiger partial charge in [-0.3, -0.25) is 9.47 Å². The van der Waals surface area contributed by atoms with Crippen LogP contribution in [0.25, 0.3) is 0 Å². The molecule has 0 saturated carbocycles. The first-order valence-corrected chi connectivity index (χ1v) is 3.13. The van der Waals surface area contributed by atoms with Gasteiger partial charge in [0.2, 0.25) is 0 Å². The molecule has 0 amide bonds. The summed E-state index contributed by atoms with van der Waals surface area (Å²) in [6.45, 7) is 1.07. The first-order chi connectivity index (χ1) is 5.64. The minimum absolute atomic E-state index is 0.557. The number of halogens is 6. The van der Waals surface area contributed by atoms with E-state index in [4.69, 9.17) is 0 Å². The van der Waals surface area contributed by atoms with Crippen LogP contribution in [0.3, 0.4) is 0 Å². The van der Waals surface area contributed by atoms with Gasteiger partial charge in [-0.2, -0.15) is 0 Å². The molecule has 13 heavy (non-hydrogen) atoms. The predicted molar refractivity (Wildman–Crippen MR) is 28.4 cm³/mol. The molecule has 80 valence electrons. The summed E-state index contributed by atoms with van der Waals surface area (Å²) < 4.78 is 74.4. The molecule has 0 heterocycles. The second-order valence-electron chi connectivity index (χ2n) is 1.96. The SMILES string of the molecule is CCC(OC(F)(F)F)OC(F)(F)F. The largest absolute Gasteiger partial charge is 0.524 e. The molecular weight excluding hydrogens is 206 g/mol. The minimum atomic E-state index is -5.13. The normalized spacial score (nSPS) is 13.8. The van der Waals surface area contributed by atoms with E-state index < -0.39 is 25.4 Å². The van der Waals surface area contributed by atoms with Gasteiger partial charge in [0.25, 0.3) is 0 Å². The van der Waals surface area contributed by atoms with Crippen molar-refractivity contribution in [3.8, 4) is 0 Å². The summed E-state index contributed by atoms with van der Waals surface area (Å²) in [4.78, 5) is 0. The zero-order valence-electron chi connectivity index (χ0n) is 6.37. The highest BCUT2D eigenvalue weighted by Crippen LogP contribution is 2.26. The molecule has 0 spiro atoms. The van der Waals surface area contributed by atoms with E-state index in [0.717, 1.165) is 6.92 Å². The summed E-state index contributed by atoms with van der Waals surface area (Å²) in [6.07, 6.45) is -13.2. The fourth-order valence-corrected chi connectivity index (χ4v) is 0.489. The van der Waals surface area contributed by atoms with E-state index in [1.54, 1.807) is 0 Å². The maximum Gasteiger partial charge on any atom is 0.524 e. The maximum absolute atomic E-state index is 11.4. The molecule has 0 fully saturated rings. The Morgan fingerprint density at radius 1 is 0.923 bits per heavy atom. The molecule has 0 aromatic rings. The van der Waals surface area contributed by atoms with Gasteiger partial charge in [0, 0.05) is 0 Å². The van der Waals surface area contributed by atoms with Crippen LogP contribution >= 0.6 is 0 Å². The molecule has 0 unspecified atom stereocenters. The van der Waals surface area contributed by atoms with Crippen LogP contribution in [-0.4, -0.2) is 19.0 Å². The van der Waals surface area contributed by atoms with Crippen molar-refractivity contribution in [2.24, 2.45) is 0 Å². The summed E-state index contributed by atoms with van der Waals surface area (Å²) in [5.41, 5.74) is 0. The average Bonchev–Trinajstić information content (AvgIpc) is 1.79. The van der Waals surface area contributed by atoms with Crippen molar-refractivity contribution in [1.29, 1.82) is 0 Å². The Kier molecular flexibility index (Phi) is 3.98. The second-order valence-corrected chi connectivity index (χ2v) is 1.96. The lowest BCUT2D eigenvalue weighted by molar-refractivity contribution is -0.439. The third-order valence-electron chi connectivity index (χ3n) is 0.863. The van der Waals surface area contributed by atoms with E-state index in [9.17, 15) is 26.3 Å². The topological polar surface area (TPSA) is 18.5 Å². The summed E-state index contributed by atoms with van der Waals surface area (Å²) in [5.74, 6) is 0. The molecule has 0 atom stereocenters. The van der Waals surface area contributed by atoms with E-state index in [0.29, 0.717) is 0 Å². The molecule has 0 bridgehead atoms. The number of alkyl halides is 6. The Morgan fingerprint density at radius 3 is 1.38 bits per heavy atom. The van der Waals surface area contributed by atoms with Gasteiger partial charge in [-0.05, 0) is 6.42 Å². The molecule has 2 nitrogen and oxygen atoms in total.